The second-order valence-electron chi connectivity index (χ2n) is 4.80. The summed E-state index contributed by atoms with van der Waals surface area (Å²) in [7, 11) is 2.97. The molecule has 2 N–H and O–H groups in total. The highest BCUT2D eigenvalue weighted by atomic mass is 35.5. The summed E-state index contributed by atoms with van der Waals surface area (Å²) in [6.45, 7) is -0.420. The first-order chi connectivity index (χ1) is 11.5. The van der Waals surface area contributed by atoms with Crippen molar-refractivity contribution >= 4 is 29.0 Å². The summed E-state index contributed by atoms with van der Waals surface area (Å²) in [5.74, 6) is -0.161. The molecule has 0 radical (unpaired) electrons. The van der Waals surface area contributed by atoms with Crippen molar-refractivity contribution in [2.24, 2.45) is 0 Å². The molecular formula is C17H16ClNO5. The van der Waals surface area contributed by atoms with Crippen LogP contribution < -0.4 is 15.2 Å². The first-order valence-corrected chi connectivity index (χ1v) is 7.31. The van der Waals surface area contributed by atoms with E-state index in [1.807, 2.05) is 0 Å². The van der Waals surface area contributed by atoms with E-state index in [9.17, 15) is 9.59 Å². The van der Waals surface area contributed by atoms with Crippen LogP contribution in [0.5, 0.6) is 11.5 Å². The minimum atomic E-state index is -0.696. The smallest absolute Gasteiger partial charge is 0.340 e. The number of esters is 1. The van der Waals surface area contributed by atoms with Gasteiger partial charge in [0.15, 0.2) is 23.9 Å². The number of halogens is 1. The van der Waals surface area contributed by atoms with Crippen molar-refractivity contribution in [1.29, 1.82) is 0 Å². The quantitative estimate of drug-likeness (QED) is 0.490. The first-order valence-electron chi connectivity index (χ1n) is 6.93. The molecule has 2 aromatic rings. The van der Waals surface area contributed by atoms with Gasteiger partial charge in [-0.05, 0) is 36.4 Å². The topological polar surface area (TPSA) is 87.9 Å². The van der Waals surface area contributed by atoms with Crippen molar-refractivity contribution in [3.8, 4) is 11.5 Å². The van der Waals surface area contributed by atoms with E-state index in [1.165, 1.54) is 38.5 Å². The highest BCUT2D eigenvalue weighted by Gasteiger charge is 2.16. The van der Waals surface area contributed by atoms with Crippen molar-refractivity contribution in [3.05, 3.63) is 52.5 Å². The number of ether oxygens (including phenoxy) is 3. The molecule has 0 unspecified atom stereocenters. The summed E-state index contributed by atoms with van der Waals surface area (Å²) in [6, 6.07) is 9.09. The number of carbonyl (C=O) groups is 2. The zero-order chi connectivity index (χ0) is 17.7. The van der Waals surface area contributed by atoms with Crippen LogP contribution in [0, 0.1) is 0 Å². The van der Waals surface area contributed by atoms with Crippen LogP contribution in [0.25, 0.3) is 0 Å². The number of methoxy groups -OCH3 is 2. The summed E-state index contributed by atoms with van der Waals surface area (Å²) in [6.07, 6.45) is 0. The predicted octanol–water partition coefficient (Wildman–Crippen LogP) is 2.98. The summed E-state index contributed by atoms with van der Waals surface area (Å²) in [5.41, 5.74) is 6.39. The number of ketones is 1. The van der Waals surface area contributed by atoms with Crippen molar-refractivity contribution in [2.45, 2.75) is 0 Å². The van der Waals surface area contributed by atoms with E-state index in [4.69, 9.17) is 31.5 Å². The molecule has 24 heavy (non-hydrogen) atoms. The second-order valence-corrected chi connectivity index (χ2v) is 5.24. The summed E-state index contributed by atoms with van der Waals surface area (Å²) in [5, 5.41) is 0.408. The van der Waals surface area contributed by atoms with Crippen LogP contribution in [-0.2, 0) is 4.74 Å². The fourth-order valence-electron chi connectivity index (χ4n) is 2.02. The van der Waals surface area contributed by atoms with Crippen molar-refractivity contribution in [3.63, 3.8) is 0 Å². The molecule has 0 aromatic heterocycles. The Bertz CT molecular complexity index is 776. The van der Waals surface area contributed by atoms with Crippen molar-refractivity contribution < 1.29 is 23.8 Å². The lowest BCUT2D eigenvalue weighted by molar-refractivity contribution is 0.0475. The number of carbonyl (C=O) groups excluding carboxylic acids is 2. The number of nitrogen functional groups attached to an aromatic ring is 1. The van der Waals surface area contributed by atoms with Gasteiger partial charge in [-0.25, -0.2) is 4.79 Å². The molecule has 0 aliphatic rings. The Morgan fingerprint density at radius 3 is 2.38 bits per heavy atom. The second kappa shape index (κ2) is 7.70. The van der Waals surface area contributed by atoms with Crippen molar-refractivity contribution in [2.75, 3.05) is 26.6 Å². The maximum atomic E-state index is 12.2. The number of benzene rings is 2. The fraction of sp³-hybridized carbons (Fsp3) is 0.176. The average Bonchev–Trinajstić information content (AvgIpc) is 2.58. The number of Topliss-reactive ketones (excluding diaryl/α,β-unsaturated/α-hetero) is 1. The predicted molar refractivity (Wildman–Crippen MR) is 90.0 cm³/mol. The minimum Gasteiger partial charge on any atom is -0.493 e. The van der Waals surface area contributed by atoms with Gasteiger partial charge in [-0.3, -0.25) is 4.79 Å². The van der Waals surface area contributed by atoms with Gasteiger partial charge in [-0.15, -0.1) is 0 Å². The molecule has 2 rings (SSSR count). The lowest BCUT2D eigenvalue weighted by Crippen LogP contribution is -2.15. The summed E-state index contributed by atoms with van der Waals surface area (Å²) >= 11 is 5.77. The van der Waals surface area contributed by atoms with Gasteiger partial charge in [0.2, 0.25) is 0 Å². The third-order valence-corrected chi connectivity index (χ3v) is 3.51. The molecule has 0 saturated heterocycles. The molecule has 6 nitrogen and oxygen atoms in total. The summed E-state index contributed by atoms with van der Waals surface area (Å²) < 4.78 is 15.2. The molecule has 0 aliphatic carbocycles. The monoisotopic (exact) mass is 349 g/mol. The number of hydrogen-bond acceptors (Lipinski definition) is 6. The Morgan fingerprint density at radius 2 is 1.75 bits per heavy atom. The lowest BCUT2D eigenvalue weighted by Gasteiger charge is -2.10. The SMILES string of the molecule is COc1ccc(C(=O)COC(=O)c2ccc(Cl)cc2N)cc1OC. The van der Waals surface area contributed by atoms with Crippen molar-refractivity contribution in [1.82, 2.24) is 0 Å². The molecule has 0 fully saturated rings. The molecule has 126 valence electrons. The molecule has 0 atom stereocenters. The summed E-state index contributed by atoms with van der Waals surface area (Å²) in [4.78, 5) is 24.2. The third kappa shape index (κ3) is 3.97. The van der Waals surface area contributed by atoms with Gasteiger partial charge in [0.1, 0.15) is 0 Å². The van der Waals surface area contributed by atoms with Gasteiger partial charge < -0.3 is 19.9 Å². The van der Waals surface area contributed by atoms with Crippen LogP contribution in [0.3, 0.4) is 0 Å². The van der Waals surface area contributed by atoms with E-state index in [2.05, 4.69) is 0 Å². The Labute approximate surface area is 144 Å². The number of rotatable bonds is 6. The van der Waals surface area contributed by atoms with Crippen LogP contribution >= 0.6 is 11.6 Å². The Hall–Kier alpha value is -2.73. The maximum absolute atomic E-state index is 12.2. The molecule has 2 aromatic carbocycles. The maximum Gasteiger partial charge on any atom is 0.340 e. The Morgan fingerprint density at radius 1 is 1.04 bits per heavy atom. The largest absolute Gasteiger partial charge is 0.493 e. The standard InChI is InChI=1S/C17H16ClNO5/c1-22-15-6-3-10(7-16(15)23-2)14(20)9-24-17(21)12-5-4-11(18)8-13(12)19/h3-8H,9,19H2,1-2H3. The van der Waals surface area contributed by atoms with Crippen LogP contribution in [-0.4, -0.2) is 32.6 Å². The zero-order valence-corrected chi connectivity index (χ0v) is 13.9. The minimum absolute atomic E-state index is 0.152. The van der Waals surface area contributed by atoms with E-state index < -0.39 is 12.6 Å². The normalized spacial score (nSPS) is 10.1. The van der Waals surface area contributed by atoms with Gasteiger partial charge in [0, 0.05) is 16.3 Å². The molecule has 0 bridgehead atoms. The third-order valence-electron chi connectivity index (χ3n) is 3.27. The van der Waals surface area contributed by atoms with E-state index >= 15 is 0 Å². The zero-order valence-electron chi connectivity index (χ0n) is 13.2. The van der Waals surface area contributed by atoms with Crippen LogP contribution in [0.4, 0.5) is 5.69 Å². The first kappa shape index (κ1) is 17.6. The van der Waals surface area contributed by atoms with E-state index in [1.54, 1.807) is 12.1 Å². The molecule has 0 aliphatic heterocycles. The number of hydrogen-bond donors (Lipinski definition) is 1. The molecule has 0 heterocycles. The Balaban J connectivity index is 2.06. The number of nitrogens with two attached hydrogens (primary N) is 1. The van der Waals surface area contributed by atoms with Gasteiger partial charge in [0.25, 0.3) is 0 Å². The lowest BCUT2D eigenvalue weighted by atomic mass is 10.1. The molecule has 0 amide bonds. The molecule has 7 heteroatoms. The van der Waals surface area contributed by atoms with Gasteiger partial charge >= 0.3 is 5.97 Å². The van der Waals surface area contributed by atoms with Crippen LogP contribution in [0.15, 0.2) is 36.4 Å². The van der Waals surface area contributed by atoms with E-state index in [0.29, 0.717) is 22.1 Å². The van der Waals surface area contributed by atoms with Gasteiger partial charge in [-0.2, -0.15) is 0 Å². The number of anilines is 1. The van der Waals surface area contributed by atoms with Crippen LogP contribution in [0.1, 0.15) is 20.7 Å². The van der Waals surface area contributed by atoms with Crippen LogP contribution in [0.2, 0.25) is 5.02 Å². The Kier molecular flexibility index (Phi) is 5.65. The van der Waals surface area contributed by atoms with E-state index in [0.717, 1.165) is 0 Å². The average molecular weight is 350 g/mol. The van der Waals surface area contributed by atoms with Gasteiger partial charge in [-0.1, -0.05) is 11.6 Å². The highest BCUT2D eigenvalue weighted by molar-refractivity contribution is 6.31. The molecular weight excluding hydrogens is 334 g/mol. The molecule has 0 spiro atoms. The van der Waals surface area contributed by atoms with Gasteiger partial charge in [0.05, 0.1) is 19.8 Å². The molecule has 0 saturated carbocycles. The fourth-order valence-corrected chi connectivity index (χ4v) is 2.20. The van der Waals surface area contributed by atoms with E-state index in [-0.39, 0.29) is 17.0 Å². The highest BCUT2D eigenvalue weighted by Crippen LogP contribution is 2.27.